The van der Waals surface area contributed by atoms with Gasteiger partial charge in [-0.25, -0.2) is 8.78 Å². The van der Waals surface area contributed by atoms with E-state index in [4.69, 9.17) is 10.8 Å². The zero-order chi connectivity index (χ0) is 10.7. The van der Waals surface area contributed by atoms with Crippen LogP contribution in [-0.2, 0) is 13.2 Å². The zero-order valence-corrected chi connectivity index (χ0v) is 9.33. The minimum atomic E-state index is -2.61. The van der Waals surface area contributed by atoms with Crippen LogP contribution >= 0.6 is 22.6 Å². The molecule has 78 valence electrons. The molecule has 0 radical (unpaired) electrons. The molecule has 0 spiro atoms. The van der Waals surface area contributed by atoms with Crippen molar-refractivity contribution < 1.29 is 13.9 Å². The Kier molecular flexibility index (Phi) is 4.14. The molecule has 0 saturated carbocycles. The second kappa shape index (κ2) is 4.94. The van der Waals surface area contributed by atoms with E-state index in [0.29, 0.717) is 14.8 Å². The molecule has 0 unspecified atom stereocenters. The van der Waals surface area contributed by atoms with Crippen LogP contribution in [0.3, 0.4) is 0 Å². The van der Waals surface area contributed by atoms with Crippen molar-refractivity contribution in [2.45, 2.75) is 19.6 Å². The lowest BCUT2D eigenvalue weighted by Crippen LogP contribution is -2.09. The second-order valence-corrected chi connectivity index (χ2v) is 3.78. The SMILES string of the molecule is NCc1nc(C(F)F)cc(I)c1CO. The highest BCUT2D eigenvalue weighted by Gasteiger charge is 2.14. The van der Waals surface area contributed by atoms with E-state index in [9.17, 15) is 8.78 Å². The summed E-state index contributed by atoms with van der Waals surface area (Å²) in [5.74, 6) is 0. The Labute approximate surface area is 93.5 Å². The van der Waals surface area contributed by atoms with Gasteiger partial charge in [-0.2, -0.15) is 0 Å². The van der Waals surface area contributed by atoms with E-state index in [1.54, 1.807) is 0 Å². The maximum absolute atomic E-state index is 12.3. The van der Waals surface area contributed by atoms with Crippen molar-refractivity contribution in [2.75, 3.05) is 0 Å². The van der Waals surface area contributed by atoms with Gasteiger partial charge in [0.05, 0.1) is 12.3 Å². The first kappa shape index (κ1) is 11.7. The molecule has 1 rings (SSSR count). The maximum atomic E-state index is 12.3. The summed E-state index contributed by atoms with van der Waals surface area (Å²) in [6.07, 6.45) is -2.61. The van der Waals surface area contributed by atoms with Gasteiger partial charge < -0.3 is 10.8 Å². The Morgan fingerprint density at radius 3 is 2.64 bits per heavy atom. The highest BCUT2D eigenvalue weighted by atomic mass is 127. The van der Waals surface area contributed by atoms with E-state index in [2.05, 4.69) is 4.98 Å². The zero-order valence-electron chi connectivity index (χ0n) is 7.17. The summed E-state index contributed by atoms with van der Waals surface area (Å²) >= 11 is 1.88. The van der Waals surface area contributed by atoms with E-state index in [0.717, 1.165) is 0 Å². The summed E-state index contributed by atoms with van der Waals surface area (Å²) in [4.78, 5) is 3.68. The van der Waals surface area contributed by atoms with Crippen molar-refractivity contribution in [2.24, 2.45) is 5.73 Å². The Balaban J connectivity index is 3.24. The normalized spacial score (nSPS) is 11.0. The van der Waals surface area contributed by atoms with Gasteiger partial charge in [0.15, 0.2) is 0 Å². The molecule has 0 bridgehead atoms. The molecular weight excluding hydrogens is 305 g/mol. The van der Waals surface area contributed by atoms with Gasteiger partial charge in [0.25, 0.3) is 6.43 Å². The van der Waals surface area contributed by atoms with Crippen LogP contribution in [0, 0.1) is 3.57 Å². The molecule has 0 saturated heterocycles. The number of rotatable bonds is 3. The highest BCUT2D eigenvalue weighted by Crippen LogP contribution is 2.23. The first-order valence-electron chi connectivity index (χ1n) is 3.87. The van der Waals surface area contributed by atoms with Crippen molar-refractivity contribution in [3.8, 4) is 0 Å². The third-order valence-electron chi connectivity index (χ3n) is 1.75. The predicted molar refractivity (Wildman–Crippen MR) is 55.7 cm³/mol. The average molecular weight is 314 g/mol. The molecule has 1 aromatic heterocycles. The number of hydrogen-bond acceptors (Lipinski definition) is 3. The van der Waals surface area contributed by atoms with Gasteiger partial charge in [0.2, 0.25) is 0 Å². The number of hydrogen-bond donors (Lipinski definition) is 2. The summed E-state index contributed by atoms with van der Waals surface area (Å²) in [5, 5.41) is 8.97. The number of aromatic nitrogens is 1. The first-order chi connectivity index (χ1) is 6.60. The highest BCUT2D eigenvalue weighted by molar-refractivity contribution is 14.1. The maximum Gasteiger partial charge on any atom is 0.280 e. The molecule has 6 heteroatoms. The van der Waals surface area contributed by atoms with Gasteiger partial charge in [-0.3, -0.25) is 4.98 Å². The van der Waals surface area contributed by atoms with Crippen molar-refractivity contribution in [3.05, 3.63) is 26.6 Å². The lowest BCUT2D eigenvalue weighted by molar-refractivity contribution is 0.145. The van der Waals surface area contributed by atoms with Crippen LogP contribution in [0.25, 0.3) is 0 Å². The van der Waals surface area contributed by atoms with Crippen LogP contribution in [-0.4, -0.2) is 10.1 Å². The molecule has 0 fully saturated rings. The van der Waals surface area contributed by atoms with Crippen LogP contribution in [0.1, 0.15) is 23.4 Å². The quantitative estimate of drug-likeness (QED) is 0.833. The summed E-state index contributed by atoms with van der Waals surface area (Å²) < 4.78 is 25.2. The number of aliphatic hydroxyl groups excluding tert-OH is 1. The fourth-order valence-electron chi connectivity index (χ4n) is 1.06. The third kappa shape index (κ3) is 2.37. The predicted octanol–water partition coefficient (Wildman–Crippen LogP) is 1.57. The van der Waals surface area contributed by atoms with Crippen LogP contribution < -0.4 is 5.73 Å². The lowest BCUT2D eigenvalue weighted by atomic mass is 10.2. The molecule has 14 heavy (non-hydrogen) atoms. The largest absolute Gasteiger partial charge is 0.392 e. The molecule has 0 aliphatic carbocycles. The van der Waals surface area contributed by atoms with E-state index in [1.807, 2.05) is 22.6 Å². The molecule has 0 aromatic carbocycles. The van der Waals surface area contributed by atoms with Crippen molar-refractivity contribution in [3.63, 3.8) is 0 Å². The number of pyridine rings is 1. The van der Waals surface area contributed by atoms with E-state index in [1.165, 1.54) is 6.07 Å². The van der Waals surface area contributed by atoms with Gasteiger partial charge in [-0.15, -0.1) is 0 Å². The van der Waals surface area contributed by atoms with Gasteiger partial charge >= 0.3 is 0 Å². The fourth-order valence-corrected chi connectivity index (χ4v) is 1.86. The van der Waals surface area contributed by atoms with E-state index in [-0.39, 0.29) is 18.8 Å². The Morgan fingerprint density at radius 1 is 1.57 bits per heavy atom. The second-order valence-electron chi connectivity index (χ2n) is 2.62. The van der Waals surface area contributed by atoms with Crippen molar-refractivity contribution in [1.82, 2.24) is 4.98 Å². The van der Waals surface area contributed by atoms with Crippen LogP contribution in [0.2, 0.25) is 0 Å². The molecule has 0 amide bonds. The molecule has 3 nitrogen and oxygen atoms in total. The molecule has 3 N–H and O–H groups in total. The van der Waals surface area contributed by atoms with Crippen LogP contribution in [0.15, 0.2) is 6.07 Å². The van der Waals surface area contributed by atoms with Crippen LogP contribution in [0.5, 0.6) is 0 Å². The number of nitrogens with two attached hydrogens (primary N) is 1. The number of halogens is 3. The first-order valence-corrected chi connectivity index (χ1v) is 4.95. The Hall–Kier alpha value is -0.340. The number of nitrogens with zero attached hydrogens (tertiary/aromatic N) is 1. The smallest absolute Gasteiger partial charge is 0.280 e. The van der Waals surface area contributed by atoms with Gasteiger partial charge in [0, 0.05) is 15.7 Å². The molecule has 0 aliphatic heterocycles. The number of alkyl halides is 2. The van der Waals surface area contributed by atoms with Gasteiger partial charge in [0.1, 0.15) is 5.69 Å². The minimum absolute atomic E-state index is 0.0481. The van der Waals surface area contributed by atoms with Crippen molar-refractivity contribution >= 4 is 22.6 Å². The molecule has 0 atom stereocenters. The fraction of sp³-hybridized carbons (Fsp3) is 0.375. The van der Waals surface area contributed by atoms with Crippen LogP contribution in [0.4, 0.5) is 8.78 Å². The Bertz CT molecular complexity index is 333. The molecule has 0 aliphatic rings. The van der Waals surface area contributed by atoms with E-state index < -0.39 is 6.43 Å². The van der Waals surface area contributed by atoms with E-state index >= 15 is 0 Å². The van der Waals surface area contributed by atoms with Gasteiger partial charge in [-0.05, 0) is 28.7 Å². The van der Waals surface area contributed by atoms with Gasteiger partial charge in [-0.1, -0.05) is 0 Å². The third-order valence-corrected chi connectivity index (χ3v) is 2.71. The Morgan fingerprint density at radius 2 is 2.21 bits per heavy atom. The summed E-state index contributed by atoms with van der Waals surface area (Å²) in [7, 11) is 0. The topological polar surface area (TPSA) is 59.1 Å². The summed E-state index contributed by atoms with van der Waals surface area (Å²) in [5.41, 5.74) is 5.90. The monoisotopic (exact) mass is 314 g/mol. The number of aliphatic hydroxyl groups is 1. The average Bonchev–Trinajstić information content (AvgIpc) is 2.16. The lowest BCUT2D eigenvalue weighted by Gasteiger charge is -2.09. The van der Waals surface area contributed by atoms with Crippen molar-refractivity contribution in [1.29, 1.82) is 0 Å². The molecule has 1 aromatic rings. The standard InChI is InChI=1S/C8H9F2IN2O/c9-8(10)6-1-5(11)4(3-14)7(2-12)13-6/h1,8,14H,2-3,12H2. The molecular formula is C8H9F2IN2O. The summed E-state index contributed by atoms with van der Waals surface area (Å²) in [6.45, 7) is -0.187. The summed E-state index contributed by atoms with van der Waals surface area (Å²) in [6, 6.07) is 1.26. The molecule has 1 heterocycles. The minimum Gasteiger partial charge on any atom is -0.392 e.